The molecule has 35 heavy (non-hydrogen) atoms. The standard InChI is InChI=1S/C24H35N7O3S/c1-15-20(25)24(14-34-15)5-8-30(9-6-24)21-17(13-32)28-19(10-27-21)35-18-4-7-26-22(29-18)31-11-16(12-31)23(2,3)33/h4,7,10,15-16,20,32-33H,5-6,8-9,11-14,25H2,1-3H3/t15-,20+/m0/s1. The summed E-state index contributed by atoms with van der Waals surface area (Å²) in [6, 6.07) is 1.90. The van der Waals surface area contributed by atoms with Crippen molar-refractivity contribution in [1.29, 1.82) is 0 Å². The Morgan fingerprint density at radius 1 is 1.17 bits per heavy atom. The van der Waals surface area contributed by atoms with E-state index in [-0.39, 0.29) is 30.1 Å². The van der Waals surface area contributed by atoms with Crippen molar-refractivity contribution in [2.45, 2.75) is 68.0 Å². The second-order valence-electron chi connectivity index (χ2n) is 10.6. The lowest BCUT2D eigenvalue weighted by molar-refractivity contribution is 0.00413. The molecule has 3 aliphatic rings. The van der Waals surface area contributed by atoms with E-state index in [1.54, 1.807) is 12.4 Å². The molecule has 190 valence electrons. The lowest BCUT2D eigenvalue weighted by Crippen LogP contribution is -2.56. The molecule has 3 aliphatic heterocycles. The SMILES string of the molecule is C[C@@H]1OCC2(CCN(c3ncc(Sc4ccnc(N5CC(C(C)(C)O)C5)n4)nc3CO)CC2)[C@@H]1N. The number of nitrogens with two attached hydrogens (primary N) is 1. The lowest BCUT2D eigenvalue weighted by atomic mass is 9.73. The van der Waals surface area contributed by atoms with E-state index < -0.39 is 5.60 Å². The van der Waals surface area contributed by atoms with E-state index in [9.17, 15) is 10.2 Å². The maximum Gasteiger partial charge on any atom is 0.226 e. The van der Waals surface area contributed by atoms with Gasteiger partial charge in [0.15, 0.2) is 5.82 Å². The Balaban J connectivity index is 1.24. The average molecular weight is 502 g/mol. The van der Waals surface area contributed by atoms with Crippen LogP contribution in [0.15, 0.2) is 28.5 Å². The first-order valence-corrected chi connectivity index (χ1v) is 13.1. The van der Waals surface area contributed by atoms with Gasteiger partial charge in [0.25, 0.3) is 0 Å². The zero-order valence-electron chi connectivity index (χ0n) is 20.6. The number of aliphatic hydroxyl groups is 2. The summed E-state index contributed by atoms with van der Waals surface area (Å²) in [4.78, 5) is 22.7. The number of ether oxygens (including phenoxy) is 1. The van der Waals surface area contributed by atoms with Gasteiger partial charge in [-0.3, -0.25) is 0 Å². The Morgan fingerprint density at radius 3 is 2.54 bits per heavy atom. The van der Waals surface area contributed by atoms with E-state index >= 15 is 0 Å². The van der Waals surface area contributed by atoms with Crippen LogP contribution in [0.1, 0.15) is 39.3 Å². The van der Waals surface area contributed by atoms with E-state index in [0.717, 1.165) is 49.9 Å². The molecule has 0 bridgehead atoms. The largest absolute Gasteiger partial charge is 0.390 e. The third-order valence-corrected chi connectivity index (χ3v) is 8.69. The number of hydrogen-bond acceptors (Lipinski definition) is 11. The number of hydrogen-bond donors (Lipinski definition) is 3. The summed E-state index contributed by atoms with van der Waals surface area (Å²) in [6.45, 7) is 9.35. The molecule has 0 unspecified atom stereocenters. The van der Waals surface area contributed by atoms with Crippen LogP contribution in [0.2, 0.25) is 0 Å². The molecule has 2 atom stereocenters. The maximum atomic E-state index is 10.2. The van der Waals surface area contributed by atoms with Crippen LogP contribution in [-0.4, -0.2) is 80.7 Å². The molecule has 0 aromatic carbocycles. The predicted octanol–water partition coefficient (Wildman–Crippen LogP) is 1.45. The van der Waals surface area contributed by atoms with Gasteiger partial charge in [-0.15, -0.1) is 0 Å². The number of aromatic nitrogens is 4. The Hall–Kier alpha value is -2.05. The Bertz CT molecular complexity index is 1050. The van der Waals surface area contributed by atoms with Crippen molar-refractivity contribution in [1.82, 2.24) is 19.9 Å². The van der Waals surface area contributed by atoms with Crippen molar-refractivity contribution in [2.24, 2.45) is 17.1 Å². The minimum atomic E-state index is -0.703. The van der Waals surface area contributed by atoms with Crippen molar-refractivity contribution in [3.63, 3.8) is 0 Å². The van der Waals surface area contributed by atoms with Gasteiger partial charge in [0.1, 0.15) is 15.7 Å². The van der Waals surface area contributed by atoms with Crippen molar-refractivity contribution >= 4 is 23.5 Å². The summed E-state index contributed by atoms with van der Waals surface area (Å²) >= 11 is 1.40. The normalized spacial score (nSPS) is 24.7. The molecule has 2 aromatic heterocycles. The molecule has 10 nitrogen and oxygen atoms in total. The highest BCUT2D eigenvalue weighted by atomic mass is 32.2. The summed E-state index contributed by atoms with van der Waals surface area (Å²) in [5, 5.41) is 21.6. The zero-order valence-corrected chi connectivity index (χ0v) is 21.4. The molecule has 4 N–H and O–H groups in total. The number of anilines is 2. The van der Waals surface area contributed by atoms with Crippen LogP contribution >= 0.6 is 11.8 Å². The van der Waals surface area contributed by atoms with Gasteiger partial charge in [0, 0.05) is 49.8 Å². The molecule has 0 saturated carbocycles. The Labute approximate surface area is 210 Å². The van der Waals surface area contributed by atoms with Gasteiger partial charge in [-0.25, -0.2) is 19.9 Å². The van der Waals surface area contributed by atoms with Crippen LogP contribution in [0.25, 0.3) is 0 Å². The highest BCUT2D eigenvalue weighted by Gasteiger charge is 2.47. The van der Waals surface area contributed by atoms with Crippen LogP contribution in [0.5, 0.6) is 0 Å². The van der Waals surface area contributed by atoms with Crippen LogP contribution in [0.4, 0.5) is 11.8 Å². The van der Waals surface area contributed by atoms with Crippen LogP contribution in [0.3, 0.4) is 0 Å². The third-order valence-electron chi connectivity index (χ3n) is 7.85. The first-order valence-electron chi connectivity index (χ1n) is 12.3. The fourth-order valence-electron chi connectivity index (χ4n) is 5.20. The van der Waals surface area contributed by atoms with Crippen molar-refractivity contribution in [3.8, 4) is 0 Å². The zero-order chi connectivity index (χ0) is 24.8. The predicted molar refractivity (Wildman–Crippen MR) is 133 cm³/mol. The highest BCUT2D eigenvalue weighted by molar-refractivity contribution is 7.99. The second kappa shape index (κ2) is 9.44. The van der Waals surface area contributed by atoms with Crippen molar-refractivity contribution in [3.05, 3.63) is 24.2 Å². The van der Waals surface area contributed by atoms with Gasteiger partial charge >= 0.3 is 0 Å². The monoisotopic (exact) mass is 501 g/mol. The lowest BCUT2D eigenvalue weighted by Gasteiger charge is -2.45. The quantitative estimate of drug-likeness (QED) is 0.497. The number of rotatable bonds is 6. The Morgan fingerprint density at radius 2 is 1.91 bits per heavy atom. The molecule has 0 radical (unpaired) electrons. The number of aliphatic hydroxyl groups excluding tert-OH is 1. The number of nitrogens with zero attached hydrogens (tertiary/aromatic N) is 6. The molecule has 5 heterocycles. The van der Waals surface area contributed by atoms with E-state index in [0.29, 0.717) is 23.3 Å². The van der Waals surface area contributed by atoms with Crippen LogP contribution < -0.4 is 15.5 Å². The topological polar surface area (TPSA) is 134 Å². The van der Waals surface area contributed by atoms with Gasteiger partial charge < -0.3 is 30.5 Å². The van der Waals surface area contributed by atoms with Gasteiger partial charge in [0.2, 0.25) is 5.95 Å². The minimum Gasteiger partial charge on any atom is -0.390 e. The minimum absolute atomic E-state index is 0.0344. The molecule has 0 aliphatic carbocycles. The first kappa shape index (κ1) is 24.6. The van der Waals surface area contributed by atoms with Gasteiger partial charge in [-0.2, -0.15) is 0 Å². The first-order chi connectivity index (χ1) is 16.7. The number of piperidine rings is 1. The Kier molecular flexibility index (Phi) is 6.64. The molecule has 3 fully saturated rings. The highest BCUT2D eigenvalue weighted by Crippen LogP contribution is 2.42. The third kappa shape index (κ3) is 4.84. The summed E-state index contributed by atoms with van der Waals surface area (Å²) in [5.74, 6) is 1.58. The molecule has 2 aromatic rings. The molecule has 3 saturated heterocycles. The maximum absolute atomic E-state index is 10.2. The summed E-state index contributed by atoms with van der Waals surface area (Å²) in [6.07, 6.45) is 5.45. The van der Waals surface area contributed by atoms with E-state index in [1.165, 1.54) is 11.8 Å². The molecule has 0 amide bonds. The van der Waals surface area contributed by atoms with Crippen LogP contribution in [-0.2, 0) is 11.3 Å². The molecule has 11 heteroatoms. The smallest absolute Gasteiger partial charge is 0.226 e. The average Bonchev–Trinajstić information content (AvgIpc) is 3.06. The molecule has 5 rings (SSSR count). The van der Waals surface area contributed by atoms with Gasteiger partial charge in [0.05, 0.1) is 31.1 Å². The summed E-state index contributed by atoms with van der Waals surface area (Å²) in [5.41, 5.74) is 6.35. The second-order valence-corrected chi connectivity index (χ2v) is 11.6. The molecular weight excluding hydrogens is 466 g/mol. The fraction of sp³-hybridized carbons (Fsp3) is 0.667. The van der Waals surface area contributed by atoms with Crippen LogP contribution in [0, 0.1) is 11.3 Å². The molecule has 1 spiro atoms. The molecular formula is C24H35N7O3S. The fourth-order valence-corrected chi connectivity index (χ4v) is 5.93. The van der Waals surface area contributed by atoms with E-state index in [4.69, 9.17) is 10.5 Å². The van der Waals surface area contributed by atoms with Crippen molar-refractivity contribution in [2.75, 3.05) is 42.6 Å². The van der Waals surface area contributed by atoms with Gasteiger partial charge in [-0.1, -0.05) is 0 Å². The van der Waals surface area contributed by atoms with Crippen molar-refractivity contribution < 1.29 is 14.9 Å². The van der Waals surface area contributed by atoms with Gasteiger partial charge in [-0.05, 0) is 51.4 Å². The van der Waals surface area contributed by atoms with E-state index in [2.05, 4.69) is 29.7 Å². The summed E-state index contributed by atoms with van der Waals surface area (Å²) < 4.78 is 5.83. The van der Waals surface area contributed by atoms with E-state index in [1.807, 2.05) is 26.8 Å². The summed E-state index contributed by atoms with van der Waals surface area (Å²) in [7, 11) is 0.